The Morgan fingerprint density at radius 3 is 2.42 bits per heavy atom. The molecule has 6 nitrogen and oxygen atoms in total. The molecule has 1 aromatic heterocycles. The molecule has 2 aromatic carbocycles. The number of amides is 1. The van der Waals surface area contributed by atoms with Crippen LogP contribution in [0.15, 0.2) is 54.6 Å². The van der Waals surface area contributed by atoms with Crippen molar-refractivity contribution < 1.29 is 14.3 Å². The average molecular weight is 460 g/mol. The molecule has 0 aliphatic carbocycles. The molecule has 0 bridgehead atoms. The number of esters is 1. The van der Waals surface area contributed by atoms with E-state index in [1.807, 2.05) is 55.5 Å². The maximum absolute atomic E-state index is 12.6. The Balaban J connectivity index is 1.66. The van der Waals surface area contributed by atoms with E-state index in [0.717, 1.165) is 11.1 Å². The topological polar surface area (TPSA) is 64.4 Å². The molecule has 8 heteroatoms. The van der Waals surface area contributed by atoms with Gasteiger partial charge in [-0.05, 0) is 31.0 Å². The van der Waals surface area contributed by atoms with E-state index < -0.39 is 12.6 Å². The Labute approximate surface area is 191 Å². The first-order valence-electron chi connectivity index (χ1n) is 9.73. The zero-order valence-electron chi connectivity index (χ0n) is 17.5. The Kier molecular flexibility index (Phi) is 7.36. The van der Waals surface area contributed by atoms with E-state index >= 15 is 0 Å². The number of aryl methyl sites for hydroxylation is 1. The van der Waals surface area contributed by atoms with Crippen LogP contribution in [0.3, 0.4) is 0 Å². The molecular formula is C23H23Cl2N3O3. The number of nitrogens with zero attached hydrogens (tertiary/aromatic N) is 3. The number of benzene rings is 2. The molecule has 0 fully saturated rings. The quantitative estimate of drug-likeness (QED) is 0.470. The lowest BCUT2D eigenvalue weighted by Crippen LogP contribution is -2.33. The second-order valence-electron chi connectivity index (χ2n) is 7.17. The van der Waals surface area contributed by atoms with Crippen molar-refractivity contribution in [2.24, 2.45) is 0 Å². The zero-order chi connectivity index (χ0) is 22.5. The Morgan fingerprint density at radius 2 is 1.74 bits per heavy atom. The molecule has 3 aromatic rings. The van der Waals surface area contributed by atoms with Crippen molar-refractivity contribution in [3.05, 3.63) is 87.2 Å². The molecule has 0 aliphatic heterocycles. The van der Waals surface area contributed by atoms with E-state index in [2.05, 4.69) is 5.10 Å². The SMILES string of the molecule is Cc1nn(Cc2ccccc2Cl)c(Cl)c1C(=O)OCC(=O)N(C)C(C)c1ccccc1. The van der Waals surface area contributed by atoms with Gasteiger partial charge in [0, 0.05) is 12.1 Å². The maximum Gasteiger partial charge on any atom is 0.343 e. The molecule has 1 heterocycles. The summed E-state index contributed by atoms with van der Waals surface area (Å²) < 4.78 is 6.74. The molecular weight excluding hydrogens is 437 g/mol. The monoisotopic (exact) mass is 459 g/mol. The number of rotatable bonds is 7. The molecule has 31 heavy (non-hydrogen) atoms. The number of hydrogen-bond donors (Lipinski definition) is 0. The lowest BCUT2D eigenvalue weighted by Gasteiger charge is -2.25. The van der Waals surface area contributed by atoms with Crippen LogP contribution in [0, 0.1) is 6.92 Å². The highest BCUT2D eigenvalue weighted by Gasteiger charge is 2.24. The van der Waals surface area contributed by atoms with Crippen LogP contribution in [0.5, 0.6) is 0 Å². The zero-order valence-corrected chi connectivity index (χ0v) is 19.0. The van der Waals surface area contributed by atoms with Gasteiger partial charge in [-0.15, -0.1) is 0 Å². The fourth-order valence-corrected chi connectivity index (χ4v) is 3.66. The number of likely N-dealkylation sites (N-methyl/N-ethyl adjacent to an activating group) is 1. The first kappa shape index (κ1) is 22.8. The van der Waals surface area contributed by atoms with Crippen LogP contribution in [0.2, 0.25) is 10.2 Å². The Morgan fingerprint density at radius 1 is 1.10 bits per heavy atom. The molecule has 1 amide bonds. The standard InChI is InChI=1S/C23H23Cl2N3O3/c1-15-21(22(25)28(26-15)13-18-11-7-8-12-19(18)24)23(30)31-14-20(29)27(3)16(2)17-9-5-4-6-10-17/h4-12,16H,13-14H2,1-3H3. The van der Waals surface area contributed by atoms with Crippen LogP contribution in [-0.2, 0) is 16.1 Å². The number of aromatic nitrogens is 2. The number of ether oxygens (including phenoxy) is 1. The van der Waals surface area contributed by atoms with Gasteiger partial charge in [-0.2, -0.15) is 5.10 Å². The van der Waals surface area contributed by atoms with Crippen LogP contribution >= 0.6 is 23.2 Å². The van der Waals surface area contributed by atoms with Gasteiger partial charge in [0.15, 0.2) is 6.61 Å². The van der Waals surface area contributed by atoms with Crippen LogP contribution in [0.1, 0.15) is 40.1 Å². The van der Waals surface area contributed by atoms with Gasteiger partial charge < -0.3 is 9.64 Å². The number of halogens is 2. The van der Waals surface area contributed by atoms with E-state index in [4.69, 9.17) is 27.9 Å². The van der Waals surface area contributed by atoms with Crippen LogP contribution in [0.4, 0.5) is 0 Å². The van der Waals surface area contributed by atoms with Crippen molar-refractivity contribution in [1.29, 1.82) is 0 Å². The summed E-state index contributed by atoms with van der Waals surface area (Å²) in [6.07, 6.45) is 0. The van der Waals surface area contributed by atoms with Gasteiger partial charge in [-0.3, -0.25) is 4.79 Å². The predicted molar refractivity (Wildman–Crippen MR) is 120 cm³/mol. The smallest absolute Gasteiger partial charge is 0.343 e. The number of carbonyl (C=O) groups excluding carboxylic acids is 2. The van der Waals surface area contributed by atoms with Gasteiger partial charge in [0.05, 0.1) is 18.3 Å². The molecule has 3 rings (SSSR count). The van der Waals surface area contributed by atoms with Crippen molar-refractivity contribution in [1.82, 2.24) is 14.7 Å². The second-order valence-corrected chi connectivity index (χ2v) is 7.93. The summed E-state index contributed by atoms with van der Waals surface area (Å²) in [5, 5.41) is 5.05. The van der Waals surface area contributed by atoms with Crippen molar-refractivity contribution in [2.75, 3.05) is 13.7 Å². The summed E-state index contributed by atoms with van der Waals surface area (Å²) in [4.78, 5) is 26.7. The molecule has 1 atom stereocenters. The minimum atomic E-state index is -0.693. The summed E-state index contributed by atoms with van der Waals surface area (Å²) in [5.74, 6) is -1.01. The first-order chi connectivity index (χ1) is 14.8. The van der Waals surface area contributed by atoms with Gasteiger partial charge in [-0.25, -0.2) is 9.48 Å². The van der Waals surface area contributed by atoms with Crippen molar-refractivity contribution in [3.8, 4) is 0 Å². The highest BCUT2D eigenvalue weighted by atomic mass is 35.5. The number of hydrogen-bond acceptors (Lipinski definition) is 4. The Bertz CT molecular complexity index is 1080. The predicted octanol–water partition coefficient (Wildman–Crippen LogP) is 4.92. The molecule has 0 spiro atoms. The molecule has 162 valence electrons. The highest BCUT2D eigenvalue weighted by molar-refractivity contribution is 6.33. The average Bonchev–Trinajstić information content (AvgIpc) is 3.05. The molecule has 0 saturated carbocycles. The third kappa shape index (κ3) is 5.27. The van der Waals surface area contributed by atoms with E-state index in [1.165, 1.54) is 9.58 Å². The summed E-state index contributed by atoms with van der Waals surface area (Å²) in [5.41, 5.74) is 2.37. The minimum Gasteiger partial charge on any atom is -0.452 e. The van der Waals surface area contributed by atoms with Crippen LogP contribution in [-0.4, -0.2) is 40.2 Å². The minimum absolute atomic E-state index is 0.139. The third-order valence-corrected chi connectivity index (χ3v) is 5.88. The largest absolute Gasteiger partial charge is 0.452 e. The fraction of sp³-hybridized carbons (Fsp3) is 0.261. The first-order valence-corrected chi connectivity index (χ1v) is 10.5. The van der Waals surface area contributed by atoms with Gasteiger partial charge in [0.25, 0.3) is 5.91 Å². The molecule has 0 saturated heterocycles. The van der Waals surface area contributed by atoms with E-state index in [1.54, 1.807) is 20.0 Å². The summed E-state index contributed by atoms with van der Waals surface area (Å²) in [6.45, 7) is 3.49. The van der Waals surface area contributed by atoms with Gasteiger partial charge >= 0.3 is 5.97 Å². The lowest BCUT2D eigenvalue weighted by molar-refractivity contribution is -0.135. The van der Waals surface area contributed by atoms with Crippen LogP contribution in [0.25, 0.3) is 0 Å². The van der Waals surface area contributed by atoms with Gasteiger partial charge in [-0.1, -0.05) is 71.7 Å². The summed E-state index contributed by atoms with van der Waals surface area (Å²) in [7, 11) is 1.67. The van der Waals surface area contributed by atoms with Gasteiger partial charge in [0.2, 0.25) is 0 Å². The highest BCUT2D eigenvalue weighted by Crippen LogP contribution is 2.24. The molecule has 0 aliphatic rings. The second kappa shape index (κ2) is 9.98. The third-order valence-electron chi connectivity index (χ3n) is 5.13. The summed E-state index contributed by atoms with van der Waals surface area (Å²) in [6, 6.07) is 16.8. The van der Waals surface area contributed by atoms with Crippen molar-refractivity contribution in [3.63, 3.8) is 0 Å². The van der Waals surface area contributed by atoms with Crippen molar-refractivity contribution >= 4 is 35.1 Å². The van der Waals surface area contributed by atoms with Crippen molar-refractivity contribution in [2.45, 2.75) is 26.4 Å². The van der Waals surface area contributed by atoms with Crippen LogP contribution < -0.4 is 0 Å². The van der Waals surface area contributed by atoms with Gasteiger partial charge in [0.1, 0.15) is 10.7 Å². The Hall–Kier alpha value is -2.83. The summed E-state index contributed by atoms with van der Waals surface area (Å²) >= 11 is 12.6. The lowest BCUT2D eigenvalue weighted by atomic mass is 10.1. The van der Waals surface area contributed by atoms with E-state index in [0.29, 0.717) is 17.3 Å². The molecule has 0 radical (unpaired) electrons. The fourth-order valence-electron chi connectivity index (χ4n) is 3.15. The van der Waals surface area contributed by atoms with E-state index in [9.17, 15) is 9.59 Å². The molecule has 1 unspecified atom stereocenters. The maximum atomic E-state index is 12.6. The van der Waals surface area contributed by atoms with E-state index in [-0.39, 0.29) is 22.7 Å². The molecule has 0 N–H and O–H groups in total. The normalized spacial score (nSPS) is 11.8. The number of carbonyl (C=O) groups is 2.